The number of likely N-dealkylation sites (N-methyl/N-ethyl adjacent to an activating group) is 1. The lowest BCUT2D eigenvalue weighted by molar-refractivity contribution is -0.138. The standard InChI is InChI=1S/C26H31N7O4/c1-32-12-14-33(15-13-32)26-30-24(27-20(22(34)35)16-18-8-4-2-5-9-18)29-25(31-26)28-21(23(36)37)17-19-10-6-3-7-11-19/h2-11,20-21H,12-17H2,1H3,(H,34,35)(H,36,37)(H2,27,28,29,30,31)/t20-,21-/m0/s1. The normalized spacial score (nSPS) is 15.5. The van der Waals surface area contributed by atoms with Crippen molar-refractivity contribution in [1.29, 1.82) is 0 Å². The predicted molar refractivity (Wildman–Crippen MR) is 140 cm³/mol. The molecule has 1 saturated heterocycles. The minimum Gasteiger partial charge on any atom is -0.480 e. The third-order valence-corrected chi connectivity index (χ3v) is 6.18. The van der Waals surface area contributed by atoms with E-state index in [4.69, 9.17) is 0 Å². The molecule has 2 heterocycles. The lowest BCUT2D eigenvalue weighted by Gasteiger charge is -2.32. The zero-order chi connectivity index (χ0) is 26.2. The van der Waals surface area contributed by atoms with Crippen LogP contribution in [-0.2, 0) is 22.4 Å². The minimum atomic E-state index is -1.05. The van der Waals surface area contributed by atoms with Gasteiger partial charge < -0.3 is 30.6 Å². The van der Waals surface area contributed by atoms with Crippen molar-refractivity contribution < 1.29 is 19.8 Å². The number of hydrogen-bond donors (Lipinski definition) is 4. The van der Waals surface area contributed by atoms with E-state index >= 15 is 0 Å². The summed E-state index contributed by atoms with van der Waals surface area (Å²) >= 11 is 0. The van der Waals surface area contributed by atoms with Crippen molar-refractivity contribution in [2.45, 2.75) is 24.9 Å². The van der Waals surface area contributed by atoms with Gasteiger partial charge in [0.05, 0.1) is 0 Å². The van der Waals surface area contributed by atoms with Crippen LogP contribution in [0.5, 0.6) is 0 Å². The maximum Gasteiger partial charge on any atom is 0.326 e. The molecular formula is C26H31N7O4. The molecule has 0 spiro atoms. The predicted octanol–water partition coefficient (Wildman–Crippen LogP) is 1.84. The molecule has 0 aliphatic carbocycles. The fraction of sp³-hybridized carbons (Fsp3) is 0.346. The molecule has 194 valence electrons. The molecule has 4 N–H and O–H groups in total. The summed E-state index contributed by atoms with van der Waals surface area (Å²) < 4.78 is 0. The van der Waals surface area contributed by atoms with Crippen LogP contribution in [-0.4, -0.2) is 87.3 Å². The summed E-state index contributed by atoms with van der Waals surface area (Å²) in [5.41, 5.74) is 1.70. The van der Waals surface area contributed by atoms with E-state index in [2.05, 4.69) is 30.5 Å². The van der Waals surface area contributed by atoms with E-state index in [1.807, 2.05) is 72.6 Å². The van der Waals surface area contributed by atoms with E-state index in [-0.39, 0.29) is 24.7 Å². The molecule has 1 aliphatic heterocycles. The van der Waals surface area contributed by atoms with Crippen molar-refractivity contribution in [3.63, 3.8) is 0 Å². The SMILES string of the molecule is CN1CCN(c2nc(N[C@@H](Cc3ccccc3)C(=O)O)nc(N[C@@H](Cc3ccccc3)C(=O)O)n2)CC1. The summed E-state index contributed by atoms with van der Waals surface area (Å²) in [6, 6.07) is 16.6. The lowest BCUT2D eigenvalue weighted by Crippen LogP contribution is -2.45. The Labute approximate surface area is 215 Å². The van der Waals surface area contributed by atoms with Crippen molar-refractivity contribution in [3.8, 4) is 0 Å². The molecule has 4 rings (SSSR count). The maximum atomic E-state index is 12.0. The number of rotatable bonds is 11. The van der Waals surface area contributed by atoms with E-state index in [0.29, 0.717) is 19.0 Å². The molecule has 1 aliphatic rings. The molecule has 0 amide bonds. The zero-order valence-electron chi connectivity index (χ0n) is 20.6. The first kappa shape index (κ1) is 25.8. The van der Waals surface area contributed by atoms with Gasteiger partial charge in [0.15, 0.2) is 0 Å². The van der Waals surface area contributed by atoms with Crippen molar-refractivity contribution >= 4 is 29.8 Å². The second-order valence-corrected chi connectivity index (χ2v) is 9.02. The van der Waals surface area contributed by atoms with Crippen LogP contribution >= 0.6 is 0 Å². The number of anilines is 3. The second-order valence-electron chi connectivity index (χ2n) is 9.02. The highest BCUT2D eigenvalue weighted by Gasteiger charge is 2.25. The number of benzene rings is 2. The van der Waals surface area contributed by atoms with Gasteiger partial charge in [0.1, 0.15) is 12.1 Å². The number of nitrogens with zero attached hydrogens (tertiary/aromatic N) is 5. The van der Waals surface area contributed by atoms with Gasteiger partial charge in [-0.25, -0.2) is 9.59 Å². The second kappa shape index (κ2) is 12.1. The fourth-order valence-electron chi connectivity index (χ4n) is 4.05. The quantitative estimate of drug-likeness (QED) is 0.303. The van der Waals surface area contributed by atoms with E-state index < -0.39 is 24.0 Å². The van der Waals surface area contributed by atoms with Gasteiger partial charge in [-0.3, -0.25) is 0 Å². The van der Waals surface area contributed by atoms with Crippen LogP contribution in [0.25, 0.3) is 0 Å². The number of hydrogen-bond acceptors (Lipinski definition) is 9. The Kier molecular flexibility index (Phi) is 8.47. The van der Waals surface area contributed by atoms with Crippen LogP contribution < -0.4 is 15.5 Å². The number of carboxylic acids is 2. The van der Waals surface area contributed by atoms with Crippen molar-refractivity contribution in [3.05, 3.63) is 71.8 Å². The van der Waals surface area contributed by atoms with Crippen molar-refractivity contribution in [1.82, 2.24) is 19.9 Å². The highest BCUT2D eigenvalue weighted by atomic mass is 16.4. The Hall–Kier alpha value is -4.25. The Morgan fingerprint density at radius 3 is 1.59 bits per heavy atom. The van der Waals surface area contributed by atoms with E-state index in [0.717, 1.165) is 24.2 Å². The van der Waals surface area contributed by atoms with E-state index in [9.17, 15) is 19.8 Å². The summed E-state index contributed by atoms with van der Waals surface area (Å²) in [6.45, 7) is 2.99. The number of aromatic nitrogens is 3. The minimum absolute atomic E-state index is 0.0682. The molecule has 3 aromatic rings. The topological polar surface area (TPSA) is 144 Å². The zero-order valence-corrected chi connectivity index (χ0v) is 20.6. The highest BCUT2D eigenvalue weighted by Crippen LogP contribution is 2.18. The first-order valence-electron chi connectivity index (χ1n) is 12.1. The number of carboxylic acid groups (broad SMARTS) is 2. The molecule has 0 bridgehead atoms. The van der Waals surface area contributed by atoms with Gasteiger partial charge in [0.25, 0.3) is 0 Å². The average molecular weight is 506 g/mol. The molecule has 11 heteroatoms. The summed E-state index contributed by atoms with van der Waals surface area (Å²) in [5.74, 6) is -1.60. The molecule has 2 atom stereocenters. The molecule has 0 saturated carbocycles. The number of nitrogens with one attached hydrogen (secondary N) is 2. The molecule has 2 aromatic carbocycles. The number of piperazine rings is 1. The van der Waals surface area contributed by atoms with Gasteiger partial charge in [-0.1, -0.05) is 60.7 Å². The van der Waals surface area contributed by atoms with Gasteiger partial charge in [-0.2, -0.15) is 15.0 Å². The van der Waals surface area contributed by atoms with Crippen LogP contribution in [0.3, 0.4) is 0 Å². The molecule has 0 radical (unpaired) electrons. The van der Waals surface area contributed by atoms with Crippen molar-refractivity contribution in [2.75, 3.05) is 48.8 Å². The van der Waals surface area contributed by atoms with Crippen LogP contribution in [0.4, 0.5) is 17.8 Å². The maximum absolute atomic E-state index is 12.0. The summed E-state index contributed by atoms with van der Waals surface area (Å²) in [5, 5.41) is 25.5. The smallest absolute Gasteiger partial charge is 0.326 e. The third kappa shape index (κ3) is 7.37. The Morgan fingerprint density at radius 2 is 1.19 bits per heavy atom. The molecule has 1 fully saturated rings. The van der Waals surface area contributed by atoms with Crippen LogP contribution in [0.1, 0.15) is 11.1 Å². The average Bonchev–Trinajstić information content (AvgIpc) is 2.89. The Balaban J connectivity index is 1.61. The first-order chi connectivity index (χ1) is 17.9. The summed E-state index contributed by atoms with van der Waals surface area (Å²) in [7, 11) is 2.03. The molecule has 37 heavy (non-hydrogen) atoms. The van der Waals surface area contributed by atoms with Gasteiger partial charge in [-0.15, -0.1) is 0 Å². The van der Waals surface area contributed by atoms with Gasteiger partial charge in [-0.05, 0) is 18.2 Å². The largest absolute Gasteiger partial charge is 0.480 e. The molecule has 11 nitrogen and oxygen atoms in total. The first-order valence-corrected chi connectivity index (χ1v) is 12.1. The third-order valence-electron chi connectivity index (χ3n) is 6.18. The highest BCUT2D eigenvalue weighted by molar-refractivity contribution is 5.78. The van der Waals surface area contributed by atoms with Gasteiger partial charge >= 0.3 is 11.9 Å². The van der Waals surface area contributed by atoms with Crippen LogP contribution in [0.15, 0.2) is 60.7 Å². The van der Waals surface area contributed by atoms with Crippen LogP contribution in [0, 0.1) is 0 Å². The van der Waals surface area contributed by atoms with E-state index in [1.54, 1.807) is 0 Å². The Bertz CT molecular complexity index is 1110. The Morgan fingerprint density at radius 1 is 0.757 bits per heavy atom. The molecular weight excluding hydrogens is 474 g/mol. The molecule has 1 aromatic heterocycles. The van der Waals surface area contributed by atoms with Crippen molar-refractivity contribution in [2.24, 2.45) is 0 Å². The number of carbonyl (C=O) groups is 2. The summed E-state index contributed by atoms with van der Waals surface area (Å²) in [4.78, 5) is 41.6. The molecule has 0 unspecified atom stereocenters. The number of aliphatic carboxylic acids is 2. The van der Waals surface area contributed by atoms with E-state index in [1.165, 1.54) is 0 Å². The van der Waals surface area contributed by atoms with Gasteiger partial charge in [0.2, 0.25) is 17.8 Å². The lowest BCUT2D eigenvalue weighted by atomic mass is 10.1. The van der Waals surface area contributed by atoms with Crippen LogP contribution in [0.2, 0.25) is 0 Å². The van der Waals surface area contributed by atoms with Gasteiger partial charge in [0, 0.05) is 39.0 Å². The monoisotopic (exact) mass is 505 g/mol. The summed E-state index contributed by atoms with van der Waals surface area (Å²) in [6.07, 6.45) is 0.445. The fourth-order valence-corrected chi connectivity index (χ4v) is 4.05.